The van der Waals surface area contributed by atoms with Crippen LogP contribution in [0, 0.1) is 0 Å². The maximum absolute atomic E-state index is 11.3. The number of halogens is 1. The van der Waals surface area contributed by atoms with Crippen molar-refractivity contribution in [3.05, 3.63) is 22.7 Å². The van der Waals surface area contributed by atoms with E-state index >= 15 is 0 Å². The third-order valence-electron chi connectivity index (χ3n) is 2.07. The van der Waals surface area contributed by atoms with Crippen molar-refractivity contribution in [2.45, 2.75) is 6.92 Å². The highest BCUT2D eigenvalue weighted by molar-refractivity contribution is 9.10. The number of anilines is 2. The van der Waals surface area contributed by atoms with E-state index in [0.717, 1.165) is 10.2 Å². The average molecular weight is 287 g/mol. The van der Waals surface area contributed by atoms with Crippen molar-refractivity contribution in [1.29, 1.82) is 0 Å². The molecule has 0 saturated carbocycles. The molecule has 0 bridgehead atoms. The van der Waals surface area contributed by atoms with Gasteiger partial charge < -0.3 is 15.4 Å². The second-order valence-corrected chi connectivity index (χ2v) is 4.28. The van der Waals surface area contributed by atoms with Crippen molar-refractivity contribution in [2.75, 3.05) is 30.8 Å². The Kier molecular flexibility index (Phi) is 4.61. The Labute approximate surface area is 103 Å². The number of nitrogens with zero attached hydrogens (tertiary/aromatic N) is 1. The van der Waals surface area contributed by atoms with E-state index in [-0.39, 0.29) is 12.5 Å². The molecule has 0 amide bonds. The predicted octanol–water partition coefficient (Wildman–Crippen LogP) is 2.03. The van der Waals surface area contributed by atoms with Crippen LogP contribution in [0.15, 0.2) is 22.7 Å². The lowest BCUT2D eigenvalue weighted by Crippen LogP contribution is -2.27. The molecule has 1 aromatic carbocycles. The minimum atomic E-state index is -0.257. The Hall–Kier alpha value is -1.23. The molecule has 0 aromatic heterocycles. The van der Waals surface area contributed by atoms with E-state index in [4.69, 9.17) is 10.5 Å². The summed E-state index contributed by atoms with van der Waals surface area (Å²) in [5.41, 5.74) is 7.29. The van der Waals surface area contributed by atoms with Gasteiger partial charge in [-0.05, 0) is 25.1 Å². The fraction of sp³-hybridized carbons (Fsp3) is 0.364. The highest BCUT2D eigenvalue weighted by atomic mass is 79.9. The van der Waals surface area contributed by atoms with Crippen molar-refractivity contribution in [2.24, 2.45) is 0 Å². The molecule has 0 heterocycles. The summed E-state index contributed by atoms with van der Waals surface area (Å²) in [6, 6.07) is 5.54. The van der Waals surface area contributed by atoms with Gasteiger partial charge in [0, 0.05) is 11.5 Å². The molecule has 0 saturated heterocycles. The van der Waals surface area contributed by atoms with Crippen molar-refractivity contribution >= 4 is 33.3 Å². The van der Waals surface area contributed by atoms with Crippen LogP contribution in [0.3, 0.4) is 0 Å². The van der Waals surface area contributed by atoms with Crippen molar-refractivity contribution in [1.82, 2.24) is 0 Å². The number of carbonyl (C=O) groups excluding carboxylic acids is 1. The summed E-state index contributed by atoms with van der Waals surface area (Å²) in [5.74, 6) is -0.257. The highest BCUT2D eigenvalue weighted by Crippen LogP contribution is 2.25. The molecule has 0 spiro atoms. The van der Waals surface area contributed by atoms with Gasteiger partial charge in [0.1, 0.15) is 6.54 Å². The lowest BCUT2D eigenvalue weighted by atomic mass is 10.2. The number of hydrogen-bond acceptors (Lipinski definition) is 4. The van der Waals surface area contributed by atoms with E-state index in [2.05, 4.69) is 15.9 Å². The van der Waals surface area contributed by atoms with Crippen LogP contribution in [-0.2, 0) is 9.53 Å². The molecule has 0 unspecified atom stereocenters. The van der Waals surface area contributed by atoms with Crippen LogP contribution >= 0.6 is 15.9 Å². The zero-order valence-electron chi connectivity index (χ0n) is 9.37. The van der Waals surface area contributed by atoms with Gasteiger partial charge in [0.2, 0.25) is 0 Å². The summed E-state index contributed by atoms with van der Waals surface area (Å²) in [6.07, 6.45) is 0. The first-order valence-corrected chi connectivity index (χ1v) is 5.75. The van der Waals surface area contributed by atoms with Crippen LogP contribution in [0.4, 0.5) is 11.4 Å². The molecule has 0 atom stereocenters. The zero-order chi connectivity index (χ0) is 12.1. The Bertz CT molecular complexity index is 382. The van der Waals surface area contributed by atoms with Gasteiger partial charge in [-0.2, -0.15) is 0 Å². The van der Waals surface area contributed by atoms with Crippen LogP contribution in [0.25, 0.3) is 0 Å². The second-order valence-electron chi connectivity index (χ2n) is 3.36. The predicted molar refractivity (Wildman–Crippen MR) is 68.5 cm³/mol. The van der Waals surface area contributed by atoms with E-state index in [1.165, 1.54) is 0 Å². The quantitative estimate of drug-likeness (QED) is 0.680. The molecule has 0 radical (unpaired) electrons. The first-order valence-electron chi connectivity index (χ1n) is 4.96. The van der Waals surface area contributed by atoms with E-state index < -0.39 is 0 Å². The van der Waals surface area contributed by atoms with Crippen molar-refractivity contribution in [3.8, 4) is 0 Å². The second kappa shape index (κ2) is 5.75. The number of nitrogens with two attached hydrogens (primary N) is 1. The summed E-state index contributed by atoms with van der Waals surface area (Å²) in [7, 11) is 1.80. The van der Waals surface area contributed by atoms with Crippen LogP contribution in [0.1, 0.15) is 6.92 Å². The molecule has 16 heavy (non-hydrogen) atoms. The largest absolute Gasteiger partial charge is 0.465 e. The summed E-state index contributed by atoms with van der Waals surface area (Å²) in [4.78, 5) is 13.1. The maximum atomic E-state index is 11.3. The van der Waals surface area contributed by atoms with E-state index in [1.807, 2.05) is 12.1 Å². The fourth-order valence-corrected chi connectivity index (χ4v) is 1.74. The Morgan fingerprint density at radius 2 is 2.25 bits per heavy atom. The van der Waals surface area contributed by atoms with Crippen molar-refractivity contribution < 1.29 is 9.53 Å². The SMILES string of the molecule is CCOC(=O)CN(C)c1ccc(Br)cc1N. The highest BCUT2D eigenvalue weighted by Gasteiger charge is 2.10. The summed E-state index contributed by atoms with van der Waals surface area (Å²) in [6.45, 7) is 2.37. The molecule has 0 fully saturated rings. The lowest BCUT2D eigenvalue weighted by molar-refractivity contribution is -0.141. The molecule has 0 aliphatic rings. The topological polar surface area (TPSA) is 55.6 Å². The number of carbonyl (C=O) groups is 1. The normalized spacial score (nSPS) is 9.94. The summed E-state index contributed by atoms with van der Waals surface area (Å²) in [5, 5.41) is 0. The van der Waals surface area contributed by atoms with E-state index in [0.29, 0.717) is 12.3 Å². The average Bonchev–Trinajstić information content (AvgIpc) is 2.17. The monoisotopic (exact) mass is 286 g/mol. The van der Waals surface area contributed by atoms with Crippen LogP contribution in [0.5, 0.6) is 0 Å². The van der Waals surface area contributed by atoms with Gasteiger partial charge in [0.15, 0.2) is 0 Å². The molecule has 4 nitrogen and oxygen atoms in total. The molecule has 0 aliphatic heterocycles. The Morgan fingerprint density at radius 3 is 2.81 bits per heavy atom. The molecule has 5 heteroatoms. The molecule has 0 aliphatic carbocycles. The molecule has 1 rings (SSSR count). The Balaban J connectivity index is 2.72. The van der Waals surface area contributed by atoms with Gasteiger partial charge in [0.25, 0.3) is 0 Å². The first kappa shape index (κ1) is 12.8. The number of esters is 1. The molecule has 1 aromatic rings. The third kappa shape index (κ3) is 3.41. The van der Waals surface area contributed by atoms with Gasteiger partial charge in [0.05, 0.1) is 18.0 Å². The molecular formula is C11H15BrN2O2. The third-order valence-corrected chi connectivity index (χ3v) is 2.57. The number of hydrogen-bond donors (Lipinski definition) is 1. The summed E-state index contributed by atoms with van der Waals surface area (Å²) >= 11 is 3.33. The van der Waals surface area contributed by atoms with Gasteiger partial charge in [-0.3, -0.25) is 4.79 Å². The van der Waals surface area contributed by atoms with Gasteiger partial charge in [-0.25, -0.2) is 0 Å². The van der Waals surface area contributed by atoms with Crippen LogP contribution < -0.4 is 10.6 Å². The standard InChI is InChI=1S/C11H15BrN2O2/c1-3-16-11(15)7-14(2)10-5-4-8(12)6-9(10)13/h4-6H,3,7,13H2,1-2H3. The minimum absolute atomic E-state index is 0.194. The smallest absolute Gasteiger partial charge is 0.325 e. The first-order chi connectivity index (χ1) is 7.54. The van der Waals surface area contributed by atoms with Gasteiger partial charge in [-0.1, -0.05) is 15.9 Å². The maximum Gasteiger partial charge on any atom is 0.325 e. The van der Waals surface area contributed by atoms with Gasteiger partial charge >= 0.3 is 5.97 Å². The van der Waals surface area contributed by atoms with Crippen LogP contribution in [0.2, 0.25) is 0 Å². The molecule has 2 N–H and O–H groups in total. The Morgan fingerprint density at radius 1 is 1.56 bits per heavy atom. The molecule has 88 valence electrons. The molecular weight excluding hydrogens is 272 g/mol. The summed E-state index contributed by atoms with van der Waals surface area (Å²) < 4.78 is 5.78. The van der Waals surface area contributed by atoms with Crippen LogP contribution in [-0.4, -0.2) is 26.2 Å². The van der Waals surface area contributed by atoms with Gasteiger partial charge in [-0.15, -0.1) is 0 Å². The lowest BCUT2D eigenvalue weighted by Gasteiger charge is -2.20. The fourth-order valence-electron chi connectivity index (χ4n) is 1.36. The number of ether oxygens (including phenoxy) is 1. The number of nitrogen functional groups attached to an aromatic ring is 1. The number of benzene rings is 1. The minimum Gasteiger partial charge on any atom is -0.465 e. The van der Waals surface area contributed by atoms with E-state index in [9.17, 15) is 4.79 Å². The number of rotatable bonds is 4. The number of likely N-dealkylation sites (N-methyl/N-ethyl adjacent to an activating group) is 1. The zero-order valence-corrected chi connectivity index (χ0v) is 11.0. The van der Waals surface area contributed by atoms with E-state index in [1.54, 1.807) is 24.9 Å². The van der Waals surface area contributed by atoms with Crippen molar-refractivity contribution in [3.63, 3.8) is 0 Å².